The molecule has 0 spiro atoms. The summed E-state index contributed by atoms with van der Waals surface area (Å²) in [5.74, 6) is 0.568. The topological polar surface area (TPSA) is 40.6 Å². The van der Waals surface area contributed by atoms with Gasteiger partial charge in [-0.2, -0.15) is 0 Å². The number of hydrogen-bond donors (Lipinski definition) is 0. The van der Waals surface area contributed by atoms with Crippen LogP contribution < -0.4 is 0 Å². The maximum absolute atomic E-state index is 11.4. The molecule has 0 unspecified atom stereocenters. The summed E-state index contributed by atoms with van der Waals surface area (Å²) in [6.07, 6.45) is 0. The van der Waals surface area contributed by atoms with Crippen molar-refractivity contribution in [3.63, 3.8) is 0 Å². The fourth-order valence-corrected chi connectivity index (χ4v) is 3.10. The highest BCUT2D eigenvalue weighted by Crippen LogP contribution is 2.03. The highest BCUT2D eigenvalue weighted by Gasteiger charge is 2.17. The molecule has 0 aliphatic carbocycles. The first kappa shape index (κ1) is 14.4. The van der Waals surface area contributed by atoms with Crippen molar-refractivity contribution in [2.24, 2.45) is 0 Å². The highest BCUT2D eigenvalue weighted by atomic mass is 79.9. The molecule has 4 nitrogen and oxygen atoms in total. The van der Waals surface area contributed by atoms with E-state index < -0.39 is 9.84 Å². The predicted octanol–water partition coefficient (Wildman–Crippen LogP) is 0.434. The second-order valence-electron chi connectivity index (χ2n) is 4.11. The van der Waals surface area contributed by atoms with Gasteiger partial charge in [-0.05, 0) is 0 Å². The van der Waals surface area contributed by atoms with Crippen LogP contribution in [0.3, 0.4) is 0 Å². The van der Waals surface area contributed by atoms with E-state index in [0.29, 0.717) is 12.3 Å². The lowest BCUT2D eigenvalue weighted by atomic mass is 10.3. The fourth-order valence-electron chi connectivity index (χ4n) is 1.77. The number of halogens is 1. The third-order valence-electron chi connectivity index (χ3n) is 3.02. The molecule has 1 rings (SSSR count). The summed E-state index contributed by atoms with van der Waals surface area (Å²) in [6.45, 7) is 7.58. The van der Waals surface area contributed by atoms with E-state index in [1.807, 2.05) is 0 Å². The Bertz CT molecular complexity index is 287. The predicted molar refractivity (Wildman–Crippen MR) is 71.0 cm³/mol. The van der Waals surface area contributed by atoms with Crippen LogP contribution in [-0.4, -0.2) is 74.3 Å². The van der Waals surface area contributed by atoms with Gasteiger partial charge < -0.3 is 0 Å². The Labute approximate surface area is 107 Å². The molecule has 1 fully saturated rings. The second-order valence-corrected chi connectivity index (χ2v) is 7.37. The van der Waals surface area contributed by atoms with Crippen molar-refractivity contribution in [3.05, 3.63) is 0 Å². The van der Waals surface area contributed by atoms with Crippen molar-refractivity contribution < 1.29 is 8.42 Å². The maximum atomic E-state index is 11.4. The molecular formula is C10H21BrN2O2S. The lowest BCUT2D eigenvalue weighted by Gasteiger charge is -2.34. The van der Waals surface area contributed by atoms with Crippen LogP contribution in [0.5, 0.6) is 0 Å². The first-order valence-electron chi connectivity index (χ1n) is 5.78. The molecule has 1 saturated heterocycles. The first-order chi connectivity index (χ1) is 7.57. The summed E-state index contributed by atoms with van der Waals surface area (Å²) < 4.78 is 22.7. The zero-order valence-electron chi connectivity index (χ0n) is 9.86. The van der Waals surface area contributed by atoms with Crippen LogP contribution in [0, 0.1) is 0 Å². The van der Waals surface area contributed by atoms with Gasteiger partial charge in [0.1, 0.15) is 0 Å². The zero-order valence-corrected chi connectivity index (χ0v) is 12.3. The molecular weight excluding hydrogens is 292 g/mol. The Balaban J connectivity index is 2.22. The van der Waals surface area contributed by atoms with Crippen molar-refractivity contribution in [1.29, 1.82) is 0 Å². The Kier molecular flexibility index (Phi) is 6.25. The van der Waals surface area contributed by atoms with Crippen molar-refractivity contribution in [2.45, 2.75) is 6.92 Å². The van der Waals surface area contributed by atoms with Gasteiger partial charge >= 0.3 is 0 Å². The van der Waals surface area contributed by atoms with E-state index in [1.54, 1.807) is 6.92 Å². The SMILES string of the molecule is CCS(=O)(=O)CCN1CCN(CCBr)CC1. The van der Waals surface area contributed by atoms with Crippen LogP contribution in [0.1, 0.15) is 6.92 Å². The van der Waals surface area contributed by atoms with Crippen LogP contribution in [0.25, 0.3) is 0 Å². The third kappa shape index (κ3) is 5.12. The molecule has 0 aromatic heterocycles. The molecule has 0 aromatic rings. The molecule has 6 heteroatoms. The minimum atomic E-state index is -2.81. The highest BCUT2D eigenvalue weighted by molar-refractivity contribution is 9.09. The first-order valence-corrected chi connectivity index (χ1v) is 8.73. The van der Waals surface area contributed by atoms with E-state index in [0.717, 1.165) is 38.1 Å². The summed E-state index contributed by atoms with van der Waals surface area (Å²) >= 11 is 3.43. The average molecular weight is 313 g/mol. The number of sulfone groups is 1. The van der Waals surface area contributed by atoms with Gasteiger partial charge in [-0.3, -0.25) is 9.80 Å². The normalized spacial score (nSPS) is 20.1. The summed E-state index contributed by atoms with van der Waals surface area (Å²) in [5.41, 5.74) is 0. The number of piperazine rings is 1. The second kappa shape index (κ2) is 6.93. The van der Waals surface area contributed by atoms with Crippen LogP contribution in [-0.2, 0) is 9.84 Å². The van der Waals surface area contributed by atoms with Gasteiger partial charge in [-0.15, -0.1) is 0 Å². The number of hydrogen-bond acceptors (Lipinski definition) is 4. The van der Waals surface area contributed by atoms with Gasteiger partial charge in [-0.1, -0.05) is 22.9 Å². The lowest BCUT2D eigenvalue weighted by molar-refractivity contribution is 0.144. The summed E-state index contributed by atoms with van der Waals surface area (Å²) in [6, 6.07) is 0. The molecule has 16 heavy (non-hydrogen) atoms. The summed E-state index contributed by atoms with van der Waals surface area (Å²) in [5, 5.41) is 1.01. The largest absolute Gasteiger partial charge is 0.300 e. The lowest BCUT2D eigenvalue weighted by Crippen LogP contribution is -2.48. The van der Waals surface area contributed by atoms with E-state index in [-0.39, 0.29) is 5.75 Å². The maximum Gasteiger partial charge on any atom is 0.151 e. The van der Waals surface area contributed by atoms with Crippen LogP contribution >= 0.6 is 15.9 Å². The average Bonchev–Trinajstić information content (AvgIpc) is 2.29. The van der Waals surface area contributed by atoms with Crippen LogP contribution in [0.4, 0.5) is 0 Å². The Morgan fingerprint density at radius 2 is 1.56 bits per heavy atom. The molecule has 1 heterocycles. The Morgan fingerprint density at radius 1 is 1.06 bits per heavy atom. The van der Waals surface area contributed by atoms with Gasteiger partial charge in [0.05, 0.1) is 5.75 Å². The van der Waals surface area contributed by atoms with Crippen molar-refractivity contribution >= 4 is 25.8 Å². The molecule has 0 radical (unpaired) electrons. The van der Waals surface area contributed by atoms with E-state index >= 15 is 0 Å². The third-order valence-corrected chi connectivity index (χ3v) is 5.06. The van der Waals surface area contributed by atoms with E-state index in [4.69, 9.17) is 0 Å². The quantitative estimate of drug-likeness (QED) is 0.667. The molecule has 0 bridgehead atoms. The molecule has 1 aliphatic rings. The summed E-state index contributed by atoms with van der Waals surface area (Å²) in [4.78, 5) is 4.65. The Morgan fingerprint density at radius 3 is 2.00 bits per heavy atom. The fraction of sp³-hybridized carbons (Fsp3) is 1.00. The van der Waals surface area contributed by atoms with Gasteiger partial charge in [-0.25, -0.2) is 8.42 Å². The van der Waals surface area contributed by atoms with E-state index in [9.17, 15) is 8.42 Å². The van der Waals surface area contributed by atoms with Crippen molar-refractivity contribution in [3.8, 4) is 0 Å². The molecule has 1 aliphatic heterocycles. The van der Waals surface area contributed by atoms with E-state index in [1.165, 1.54) is 0 Å². The van der Waals surface area contributed by atoms with Crippen molar-refractivity contribution in [2.75, 3.05) is 56.1 Å². The number of alkyl halides is 1. The van der Waals surface area contributed by atoms with Crippen molar-refractivity contribution in [1.82, 2.24) is 9.80 Å². The minimum absolute atomic E-state index is 0.260. The monoisotopic (exact) mass is 312 g/mol. The smallest absolute Gasteiger partial charge is 0.151 e. The molecule has 0 amide bonds. The van der Waals surface area contributed by atoms with Gasteiger partial charge in [0.25, 0.3) is 0 Å². The summed E-state index contributed by atoms with van der Waals surface area (Å²) in [7, 11) is -2.81. The van der Waals surface area contributed by atoms with Gasteiger partial charge in [0, 0.05) is 50.4 Å². The number of nitrogens with zero attached hydrogens (tertiary/aromatic N) is 2. The molecule has 96 valence electrons. The molecule has 0 aromatic carbocycles. The van der Waals surface area contributed by atoms with E-state index in [2.05, 4.69) is 25.7 Å². The zero-order chi connectivity index (χ0) is 12.0. The van der Waals surface area contributed by atoms with Gasteiger partial charge in [0.15, 0.2) is 9.84 Å². The van der Waals surface area contributed by atoms with Crippen LogP contribution in [0.2, 0.25) is 0 Å². The standard InChI is InChI=1S/C10H21BrN2O2S/c1-2-16(14,15)10-9-13-7-5-12(4-3-11)6-8-13/h2-10H2,1H3. The minimum Gasteiger partial charge on any atom is -0.300 e. The van der Waals surface area contributed by atoms with Crippen LogP contribution in [0.15, 0.2) is 0 Å². The molecule has 0 atom stereocenters. The molecule has 0 saturated carbocycles. The Hall–Kier alpha value is 0.350. The van der Waals surface area contributed by atoms with Gasteiger partial charge in [0.2, 0.25) is 0 Å². The number of rotatable bonds is 6. The molecule has 0 N–H and O–H groups in total.